The number of nitro benzene ring substituents is 1. The zero-order valence-corrected chi connectivity index (χ0v) is 14.0. The van der Waals surface area contributed by atoms with E-state index in [2.05, 4.69) is 16.8 Å². The highest BCUT2D eigenvalue weighted by Gasteiger charge is 2.27. The molecular weight excluding hydrogens is 329 g/mol. The third kappa shape index (κ3) is 4.10. The third-order valence-electron chi connectivity index (χ3n) is 3.65. The van der Waals surface area contributed by atoms with Crippen molar-refractivity contribution in [3.63, 3.8) is 0 Å². The van der Waals surface area contributed by atoms with Crippen LogP contribution in [0.1, 0.15) is 17.2 Å². The van der Waals surface area contributed by atoms with Gasteiger partial charge in [-0.05, 0) is 6.92 Å². The number of hydrogen-bond acceptors (Lipinski definition) is 5. The van der Waals surface area contributed by atoms with Crippen LogP contribution in [0, 0.1) is 17.0 Å². The van der Waals surface area contributed by atoms with E-state index in [9.17, 15) is 15.2 Å². The Kier molecular flexibility index (Phi) is 8.40. The molecule has 0 saturated carbocycles. The van der Waals surface area contributed by atoms with E-state index in [1.54, 1.807) is 25.1 Å². The molecule has 1 aliphatic heterocycles. The Morgan fingerprint density at radius 3 is 2.50 bits per heavy atom. The van der Waals surface area contributed by atoms with Gasteiger partial charge in [-0.2, -0.15) is 0 Å². The molecule has 0 radical (unpaired) electrons. The average molecular weight is 350 g/mol. The Labute approximate surface area is 142 Å². The smallest absolute Gasteiger partial charge is 0.313 e. The molecule has 2 N–H and O–H groups in total. The summed E-state index contributed by atoms with van der Waals surface area (Å²) in [5, 5.41) is 24.6. The van der Waals surface area contributed by atoms with Gasteiger partial charge < -0.3 is 10.4 Å². The van der Waals surface area contributed by atoms with E-state index in [0.717, 1.165) is 26.2 Å². The standard InChI is InChI=1S/C14H19N3O3.2ClH/c1-3-12(16-8-6-15-7-9-16)11-5-4-10(2)13(14(11)18)17(19)20;;/h3-5,12,15,18H,1,6-9H2,2H3;2*1H/t12-;;/m0../s1. The van der Waals surface area contributed by atoms with Gasteiger partial charge in [0, 0.05) is 37.3 Å². The summed E-state index contributed by atoms with van der Waals surface area (Å²) in [5.41, 5.74) is 0.781. The number of aromatic hydroxyl groups is 1. The van der Waals surface area contributed by atoms with Crippen molar-refractivity contribution in [1.29, 1.82) is 0 Å². The highest BCUT2D eigenvalue weighted by Crippen LogP contribution is 2.38. The second-order valence-corrected chi connectivity index (χ2v) is 4.89. The van der Waals surface area contributed by atoms with Crippen LogP contribution in [-0.2, 0) is 0 Å². The molecule has 0 amide bonds. The molecule has 1 aliphatic rings. The number of nitrogens with one attached hydrogen (secondary N) is 1. The number of benzene rings is 1. The fourth-order valence-corrected chi connectivity index (χ4v) is 2.60. The number of aryl methyl sites for hydroxylation is 1. The second kappa shape index (κ2) is 8.95. The van der Waals surface area contributed by atoms with Crippen molar-refractivity contribution in [2.75, 3.05) is 26.2 Å². The van der Waals surface area contributed by atoms with E-state index in [-0.39, 0.29) is 42.3 Å². The maximum absolute atomic E-state index is 11.1. The first-order valence-electron chi connectivity index (χ1n) is 6.60. The van der Waals surface area contributed by atoms with E-state index in [1.807, 2.05) is 0 Å². The topological polar surface area (TPSA) is 78.6 Å². The molecule has 1 atom stereocenters. The summed E-state index contributed by atoms with van der Waals surface area (Å²) in [6, 6.07) is 3.20. The van der Waals surface area contributed by atoms with Gasteiger partial charge in [0.25, 0.3) is 0 Å². The lowest BCUT2D eigenvalue weighted by Gasteiger charge is -2.33. The summed E-state index contributed by atoms with van der Waals surface area (Å²) in [7, 11) is 0. The Hall–Kier alpha value is -1.34. The van der Waals surface area contributed by atoms with E-state index in [4.69, 9.17) is 0 Å². The van der Waals surface area contributed by atoms with Crippen LogP contribution in [0.4, 0.5) is 5.69 Å². The summed E-state index contributed by atoms with van der Waals surface area (Å²) < 4.78 is 0. The summed E-state index contributed by atoms with van der Waals surface area (Å²) >= 11 is 0. The lowest BCUT2D eigenvalue weighted by atomic mass is 10.00. The van der Waals surface area contributed by atoms with E-state index < -0.39 is 4.92 Å². The van der Waals surface area contributed by atoms with Crippen molar-refractivity contribution in [2.45, 2.75) is 13.0 Å². The molecule has 2 rings (SSSR count). The van der Waals surface area contributed by atoms with Crippen LogP contribution in [0.15, 0.2) is 24.8 Å². The van der Waals surface area contributed by atoms with Gasteiger partial charge in [0.1, 0.15) is 0 Å². The molecule has 8 heteroatoms. The lowest BCUT2D eigenvalue weighted by molar-refractivity contribution is -0.386. The van der Waals surface area contributed by atoms with E-state index in [0.29, 0.717) is 11.1 Å². The van der Waals surface area contributed by atoms with Gasteiger partial charge >= 0.3 is 5.69 Å². The molecule has 0 aromatic heterocycles. The minimum Gasteiger partial charge on any atom is -0.502 e. The van der Waals surface area contributed by atoms with Crippen LogP contribution in [-0.4, -0.2) is 41.1 Å². The van der Waals surface area contributed by atoms with Crippen molar-refractivity contribution in [3.05, 3.63) is 46.0 Å². The van der Waals surface area contributed by atoms with Gasteiger partial charge in [-0.25, -0.2) is 0 Å². The predicted molar refractivity (Wildman–Crippen MR) is 91.4 cm³/mol. The van der Waals surface area contributed by atoms with Gasteiger partial charge in [-0.15, -0.1) is 31.4 Å². The van der Waals surface area contributed by atoms with Crippen LogP contribution in [0.5, 0.6) is 5.75 Å². The number of rotatable bonds is 4. The van der Waals surface area contributed by atoms with Crippen LogP contribution in [0.2, 0.25) is 0 Å². The first-order valence-corrected chi connectivity index (χ1v) is 6.60. The zero-order valence-electron chi connectivity index (χ0n) is 12.3. The van der Waals surface area contributed by atoms with Gasteiger partial charge in [0.2, 0.25) is 0 Å². The molecule has 22 heavy (non-hydrogen) atoms. The number of nitrogens with zero attached hydrogens (tertiary/aromatic N) is 2. The van der Waals surface area contributed by atoms with Crippen molar-refractivity contribution in [3.8, 4) is 5.75 Å². The molecule has 0 bridgehead atoms. The molecule has 1 fully saturated rings. The molecule has 124 valence electrons. The van der Waals surface area contributed by atoms with Crippen molar-refractivity contribution >= 4 is 30.5 Å². The number of phenols is 1. The lowest BCUT2D eigenvalue weighted by Crippen LogP contribution is -2.44. The van der Waals surface area contributed by atoms with Gasteiger partial charge in [0.15, 0.2) is 5.75 Å². The highest BCUT2D eigenvalue weighted by molar-refractivity contribution is 5.85. The summed E-state index contributed by atoms with van der Waals surface area (Å²) in [4.78, 5) is 12.7. The van der Waals surface area contributed by atoms with Crippen LogP contribution >= 0.6 is 24.8 Å². The molecular formula is C14H21Cl2N3O3. The van der Waals surface area contributed by atoms with Crippen LogP contribution in [0.25, 0.3) is 0 Å². The summed E-state index contributed by atoms with van der Waals surface area (Å²) in [6.07, 6.45) is 1.72. The Balaban J connectivity index is 0.00000220. The van der Waals surface area contributed by atoms with Crippen molar-refractivity contribution in [2.24, 2.45) is 0 Å². The number of piperazine rings is 1. The normalized spacial score (nSPS) is 16.0. The van der Waals surface area contributed by atoms with Gasteiger partial charge in [-0.3, -0.25) is 15.0 Å². The first-order chi connectivity index (χ1) is 9.56. The maximum atomic E-state index is 11.1. The second-order valence-electron chi connectivity index (χ2n) is 4.89. The molecule has 0 spiro atoms. The molecule has 0 unspecified atom stereocenters. The zero-order chi connectivity index (χ0) is 14.7. The quantitative estimate of drug-likeness (QED) is 0.496. The van der Waals surface area contributed by atoms with Crippen LogP contribution in [0.3, 0.4) is 0 Å². The van der Waals surface area contributed by atoms with Gasteiger partial charge in [0.05, 0.1) is 11.0 Å². The maximum Gasteiger partial charge on any atom is 0.313 e. The molecule has 6 nitrogen and oxygen atoms in total. The Morgan fingerprint density at radius 1 is 1.41 bits per heavy atom. The molecule has 1 saturated heterocycles. The number of nitro groups is 1. The molecule has 0 aliphatic carbocycles. The number of hydrogen-bond donors (Lipinski definition) is 2. The van der Waals surface area contributed by atoms with Crippen LogP contribution < -0.4 is 5.32 Å². The first kappa shape index (κ1) is 20.7. The minimum atomic E-state index is -0.536. The van der Waals surface area contributed by atoms with E-state index in [1.165, 1.54) is 0 Å². The largest absolute Gasteiger partial charge is 0.502 e. The highest BCUT2D eigenvalue weighted by atomic mass is 35.5. The summed E-state index contributed by atoms with van der Waals surface area (Å²) in [5.74, 6) is -0.251. The fourth-order valence-electron chi connectivity index (χ4n) is 2.60. The minimum absolute atomic E-state index is 0. The SMILES string of the molecule is C=C[C@@H](c1ccc(C)c([N+](=O)[O-])c1O)N1CCNCC1.Cl.Cl. The monoisotopic (exact) mass is 349 g/mol. The third-order valence-corrected chi connectivity index (χ3v) is 3.65. The number of halogens is 2. The van der Waals surface area contributed by atoms with Crippen molar-refractivity contribution in [1.82, 2.24) is 10.2 Å². The Bertz CT molecular complexity index is 534. The summed E-state index contributed by atoms with van der Waals surface area (Å²) in [6.45, 7) is 8.78. The molecule has 1 aromatic rings. The predicted octanol–water partition coefficient (Wildman–Crippen LogP) is 2.58. The Morgan fingerprint density at radius 2 is 2.00 bits per heavy atom. The molecule has 1 aromatic carbocycles. The fraction of sp³-hybridized carbons (Fsp3) is 0.429. The van der Waals surface area contributed by atoms with Gasteiger partial charge in [-0.1, -0.05) is 18.2 Å². The number of phenolic OH excluding ortho intramolecular Hbond substituents is 1. The van der Waals surface area contributed by atoms with Crippen molar-refractivity contribution < 1.29 is 10.0 Å². The van der Waals surface area contributed by atoms with E-state index >= 15 is 0 Å². The molecule has 1 heterocycles. The average Bonchev–Trinajstić information content (AvgIpc) is 2.43.